The SMILES string of the molecule is Cc1csc(-n2cc(C#N)c(=O)[nH]c2=O)n1. The summed E-state index contributed by atoms with van der Waals surface area (Å²) in [6.07, 6.45) is 1.19. The van der Waals surface area contributed by atoms with Crippen molar-refractivity contribution in [2.24, 2.45) is 0 Å². The van der Waals surface area contributed by atoms with E-state index in [4.69, 9.17) is 5.26 Å². The first kappa shape index (κ1) is 10.3. The Morgan fingerprint density at radius 2 is 2.31 bits per heavy atom. The summed E-state index contributed by atoms with van der Waals surface area (Å²) < 4.78 is 1.15. The number of nitrogens with one attached hydrogen (secondary N) is 1. The van der Waals surface area contributed by atoms with Gasteiger partial charge in [-0.3, -0.25) is 9.78 Å². The maximum Gasteiger partial charge on any atom is 0.334 e. The van der Waals surface area contributed by atoms with Gasteiger partial charge in [0.15, 0.2) is 5.13 Å². The Labute approximate surface area is 93.4 Å². The molecule has 0 aromatic carbocycles. The van der Waals surface area contributed by atoms with Crippen molar-refractivity contribution >= 4 is 11.3 Å². The van der Waals surface area contributed by atoms with E-state index in [-0.39, 0.29) is 5.56 Å². The minimum absolute atomic E-state index is 0.118. The molecule has 0 saturated carbocycles. The Morgan fingerprint density at radius 3 is 2.88 bits per heavy atom. The zero-order chi connectivity index (χ0) is 11.7. The number of nitrogens with zero attached hydrogens (tertiary/aromatic N) is 3. The maximum absolute atomic E-state index is 11.5. The van der Waals surface area contributed by atoms with Gasteiger partial charge in [-0.2, -0.15) is 5.26 Å². The molecule has 0 amide bonds. The number of aryl methyl sites for hydroxylation is 1. The van der Waals surface area contributed by atoms with Crippen molar-refractivity contribution in [2.45, 2.75) is 6.92 Å². The second-order valence-corrected chi connectivity index (χ2v) is 3.89. The average Bonchev–Trinajstić information content (AvgIpc) is 2.65. The molecule has 80 valence electrons. The van der Waals surface area contributed by atoms with Crippen molar-refractivity contribution in [2.75, 3.05) is 0 Å². The highest BCUT2D eigenvalue weighted by Crippen LogP contribution is 2.11. The van der Waals surface area contributed by atoms with E-state index in [0.29, 0.717) is 5.13 Å². The van der Waals surface area contributed by atoms with Crippen LogP contribution in [0.1, 0.15) is 11.3 Å². The highest BCUT2D eigenvalue weighted by Gasteiger charge is 2.08. The highest BCUT2D eigenvalue weighted by atomic mass is 32.1. The topological polar surface area (TPSA) is 91.5 Å². The summed E-state index contributed by atoms with van der Waals surface area (Å²) >= 11 is 1.26. The number of aromatic amines is 1. The normalized spacial score (nSPS) is 10.0. The predicted molar refractivity (Wildman–Crippen MR) is 57.8 cm³/mol. The van der Waals surface area contributed by atoms with Crippen LogP contribution in [0.2, 0.25) is 0 Å². The molecule has 0 spiro atoms. The van der Waals surface area contributed by atoms with Gasteiger partial charge in [-0.05, 0) is 6.92 Å². The Hall–Kier alpha value is -2.20. The number of thiazole rings is 1. The molecule has 0 bridgehead atoms. The van der Waals surface area contributed by atoms with Gasteiger partial charge in [-0.25, -0.2) is 14.3 Å². The summed E-state index contributed by atoms with van der Waals surface area (Å²) in [5.74, 6) is 0. The summed E-state index contributed by atoms with van der Waals surface area (Å²) in [7, 11) is 0. The van der Waals surface area contributed by atoms with Crippen molar-refractivity contribution in [1.29, 1.82) is 5.26 Å². The van der Waals surface area contributed by atoms with Crippen LogP contribution in [0.3, 0.4) is 0 Å². The number of H-pyrrole nitrogens is 1. The molecule has 0 atom stereocenters. The molecule has 2 aromatic rings. The van der Waals surface area contributed by atoms with Crippen molar-refractivity contribution in [1.82, 2.24) is 14.5 Å². The van der Waals surface area contributed by atoms with Crippen LogP contribution in [0, 0.1) is 18.3 Å². The van der Waals surface area contributed by atoms with E-state index in [1.807, 2.05) is 0 Å². The van der Waals surface area contributed by atoms with Crippen LogP contribution in [0.5, 0.6) is 0 Å². The molecule has 1 N–H and O–H groups in total. The fourth-order valence-corrected chi connectivity index (χ4v) is 1.92. The smallest absolute Gasteiger partial charge is 0.272 e. The zero-order valence-electron chi connectivity index (χ0n) is 8.22. The third-order valence-electron chi connectivity index (χ3n) is 1.88. The molecule has 2 aromatic heterocycles. The average molecular weight is 234 g/mol. The van der Waals surface area contributed by atoms with Crippen LogP contribution >= 0.6 is 11.3 Å². The van der Waals surface area contributed by atoms with Crippen LogP contribution in [0.25, 0.3) is 5.13 Å². The van der Waals surface area contributed by atoms with E-state index < -0.39 is 11.2 Å². The second kappa shape index (κ2) is 3.75. The van der Waals surface area contributed by atoms with Crippen molar-refractivity contribution in [3.05, 3.63) is 43.7 Å². The lowest BCUT2D eigenvalue weighted by Gasteiger charge is -1.99. The largest absolute Gasteiger partial charge is 0.334 e. The summed E-state index contributed by atoms with van der Waals surface area (Å²) in [5, 5.41) is 10.9. The molecule has 0 saturated heterocycles. The van der Waals surface area contributed by atoms with E-state index in [9.17, 15) is 9.59 Å². The first-order valence-electron chi connectivity index (χ1n) is 4.30. The number of hydrogen-bond donors (Lipinski definition) is 1. The molecule has 7 heteroatoms. The van der Waals surface area contributed by atoms with Crippen LogP contribution in [-0.2, 0) is 0 Å². The Balaban J connectivity index is 2.72. The monoisotopic (exact) mass is 234 g/mol. The third-order valence-corrected chi connectivity index (χ3v) is 2.83. The molecule has 0 aliphatic heterocycles. The van der Waals surface area contributed by atoms with Gasteiger partial charge in [0.25, 0.3) is 5.56 Å². The van der Waals surface area contributed by atoms with Gasteiger partial charge in [0.2, 0.25) is 0 Å². The summed E-state index contributed by atoms with van der Waals surface area (Å²) in [6.45, 7) is 1.79. The number of nitriles is 1. The molecule has 0 aliphatic carbocycles. The predicted octanol–water partition coefficient (Wildman–Crippen LogP) is 0.162. The summed E-state index contributed by atoms with van der Waals surface area (Å²) in [6, 6.07) is 1.71. The number of aromatic nitrogens is 3. The van der Waals surface area contributed by atoms with Crippen LogP contribution in [0.4, 0.5) is 0 Å². The Bertz CT molecular complexity index is 689. The molecule has 0 unspecified atom stereocenters. The molecular weight excluding hydrogens is 228 g/mol. The fourth-order valence-electron chi connectivity index (χ4n) is 1.14. The first-order valence-corrected chi connectivity index (χ1v) is 5.18. The van der Waals surface area contributed by atoms with E-state index >= 15 is 0 Å². The first-order chi connectivity index (χ1) is 7.61. The van der Waals surface area contributed by atoms with E-state index in [2.05, 4.69) is 9.97 Å². The molecule has 0 radical (unpaired) electrons. The van der Waals surface area contributed by atoms with Gasteiger partial charge in [0.05, 0.1) is 5.69 Å². The quantitative estimate of drug-likeness (QED) is 0.760. The van der Waals surface area contributed by atoms with Gasteiger partial charge in [0.1, 0.15) is 11.6 Å². The van der Waals surface area contributed by atoms with Crippen LogP contribution in [0.15, 0.2) is 21.2 Å². The second-order valence-electron chi connectivity index (χ2n) is 3.06. The van der Waals surface area contributed by atoms with E-state index in [1.54, 1.807) is 18.4 Å². The standard InChI is InChI=1S/C9H6N4O2S/c1-5-4-16-9(11-5)13-3-6(2-10)7(14)12-8(13)15/h3-4H,1H3,(H,12,14,15). The van der Waals surface area contributed by atoms with E-state index in [0.717, 1.165) is 10.3 Å². The summed E-state index contributed by atoms with van der Waals surface area (Å²) in [4.78, 5) is 28.8. The lowest BCUT2D eigenvalue weighted by molar-refractivity contribution is 0.877. The zero-order valence-corrected chi connectivity index (χ0v) is 9.04. The molecule has 2 rings (SSSR count). The highest BCUT2D eigenvalue weighted by molar-refractivity contribution is 7.12. The summed E-state index contributed by atoms with van der Waals surface area (Å²) in [5.41, 5.74) is -0.626. The van der Waals surface area contributed by atoms with E-state index in [1.165, 1.54) is 17.5 Å². The lowest BCUT2D eigenvalue weighted by Crippen LogP contribution is -2.29. The Kier molecular flexibility index (Phi) is 2.42. The molecule has 16 heavy (non-hydrogen) atoms. The fraction of sp³-hybridized carbons (Fsp3) is 0.111. The molecule has 0 fully saturated rings. The minimum atomic E-state index is -0.683. The van der Waals surface area contributed by atoms with Crippen LogP contribution < -0.4 is 11.2 Å². The van der Waals surface area contributed by atoms with Crippen molar-refractivity contribution < 1.29 is 0 Å². The molecule has 6 nitrogen and oxygen atoms in total. The molecule has 2 heterocycles. The van der Waals surface area contributed by atoms with Crippen molar-refractivity contribution in [3.8, 4) is 11.2 Å². The van der Waals surface area contributed by atoms with Gasteiger partial charge in [-0.1, -0.05) is 0 Å². The third kappa shape index (κ3) is 1.66. The van der Waals surface area contributed by atoms with Crippen molar-refractivity contribution in [3.63, 3.8) is 0 Å². The van der Waals surface area contributed by atoms with Gasteiger partial charge >= 0.3 is 5.69 Å². The van der Waals surface area contributed by atoms with Gasteiger partial charge in [-0.15, -0.1) is 11.3 Å². The molecular formula is C9H6N4O2S. The van der Waals surface area contributed by atoms with Gasteiger partial charge in [0, 0.05) is 11.6 Å². The number of hydrogen-bond acceptors (Lipinski definition) is 5. The lowest BCUT2D eigenvalue weighted by atomic mass is 10.4. The number of rotatable bonds is 1. The van der Waals surface area contributed by atoms with Crippen LogP contribution in [-0.4, -0.2) is 14.5 Å². The van der Waals surface area contributed by atoms with Gasteiger partial charge < -0.3 is 0 Å². The molecule has 0 aliphatic rings. The maximum atomic E-state index is 11.5. The Morgan fingerprint density at radius 1 is 1.56 bits per heavy atom. The minimum Gasteiger partial charge on any atom is -0.272 e.